The third kappa shape index (κ3) is 1.08. The van der Waals surface area contributed by atoms with Crippen LogP contribution in [0, 0.1) is 0 Å². The van der Waals surface area contributed by atoms with Crippen molar-refractivity contribution in [3.8, 4) is 0 Å². The monoisotopic (exact) mass is 192 g/mol. The van der Waals surface area contributed by atoms with Gasteiger partial charge in [-0.25, -0.2) is 15.0 Å². The summed E-state index contributed by atoms with van der Waals surface area (Å²) in [6.07, 6.45) is 4.40. The van der Waals surface area contributed by atoms with Gasteiger partial charge in [0.2, 0.25) is 6.41 Å². The highest BCUT2D eigenvalue weighted by Crippen LogP contribution is 2.20. The highest BCUT2D eigenvalue weighted by atomic mass is 16.7. The fourth-order valence-electron chi connectivity index (χ4n) is 1.45. The van der Waals surface area contributed by atoms with Crippen molar-refractivity contribution in [3.05, 3.63) is 18.9 Å². The standard InChI is InChI=1S/C8H8N4O2/c1-2-14-8(13-1)12-5-11-6-3-9-4-10-7(6)12/h3-5,8H,1-2H2. The molecule has 0 radical (unpaired) electrons. The number of nitrogens with zero attached hydrogens (tertiary/aromatic N) is 4. The average molecular weight is 192 g/mol. The Bertz CT molecular complexity index is 449. The Kier molecular flexibility index (Phi) is 1.68. The third-order valence-electron chi connectivity index (χ3n) is 2.07. The van der Waals surface area contributed by atoms with Gasteiger partial charge in [0.1, 0.15) is 18.2 Å². The van der Waals surface area contributed by atoms with E-state index in [1.54, 1.807) is 17.1 Å². The molecular formula is C8H8N4O2. The van der Waals surface area contributed by atoms with Crippen LogP contribution in [0.5, 0.6) is 0 Å². The van der Waals surface area contributed by atoms with Crippen molar-refractivity contribution in [2.45, 2.75) is 6.41 Å². The van der Waals surface area contributed by atoms with Gasteiger partial charge in [-0.05, 0) is 0 Å². The van der Waals surface area contributed by atoms with Crippen LogP contribution in [-0.2, 0) is 9.47 Å². The van der Waals surface area contributed by atoms with Crippen LogP contribution in [0.2, 0.25) is 0 Å². The lowest BCUT2D eigenvalue weighted by atomic mass is 10.6. The van der Waals surface area contributed by atoms with Crippen molar-refractivity contribution in [2.75, 3.05) is 13.2 Å². The van der Waals surface area contributed by atoms with Crippen LogP contribution in [0.25, 0.3) is 11.2 Å². The number of hydrogen-bond donors (Lipinski definition) is 0. The van der Waals surface area contributed by atoms with E-state index in [9.17, 15) is 0 Å². The van der Waals surface area contributed by atoms with E-state index in [1.165, 1.54) is 6.33 Å². The minimum atomic E-state index is -0.394. The molecule has 72 valence electrons. The summed E-state index contributed by atoms with van der Waals surface area (Å²) in [5.74, 6) is 0. The Morgan fingerprint density at radius 1 is 1.29 bits per heavy atom. The normalized spacial score (nSPS) is 18.0. The summed E-state index contributed by atoms with van der Waals surface area (Å²) in [7, 11) is 0. The minimum Gasteiger partial charge on any atom is -0.332 e. The van der Waals surface area contributed by atoms with Crippen LogP contribution in [0.3, 0.4) is 0 Å². The molecule has 0 aliphatic carbocycles. The second kappa shape index (κ2) is 3.00. The maximum absolute atomic E-state index is 5.35. The van der Waals surface area contributed by atoms with Gasteiger partial charge in [0.25, 0.3) is 0 Å². The van der Waals surface area contributed by atoms with E-state index >= 15 is 0 Å². The van der Waals surface area contributed by atoms with E-state index in [2.05, 4.69) is 15.0 Å². The quantitative estimate of drug-likeness (QED) is 0.651. The van der Waals surface area contributed by atoms with Crippen LogP contribution in [0.15, 0.2) is 18.9 Å². The lowest BCUT2D eigenvalue weighted by Gasteiger charge is -2.09. The van der Waals surface area contributed by atoms with Gasteiger partial charge in [-0.2, -0.15) is 0 Å². The molecule has 0 unspecified atom stereocenters. The number of hydrogen-bond acceptors (Lipinski definition) is 5. The lowest BCUT2D eigenvalue weighted by Crippen LogP contribution is -2.08. The summed E-state index contributed by atoms with van der Waals surface area (Å²) in [5, 5.41) is 0. The smallest absolute Gasteiger partial charge is 0.246 e. The van der Waals surface area contributed by atoms with Gasteiger partial charge in [0.15, 0.2) is 5.65 Å². The number of rotatable bonds is 1. The number of imidazole rings is 1. The van der Waals surface area contributed by atoms with Gasteiger partial charge in [-0.15, -0.1) is 0 Å². The molecule has 6 nitrogen and oxygen atoms in total. The summed E-state index contributed by atoms with van der Waals surface area (Å²) in [5.41, 5.74) is 1.47. The molecule has 1 fully saturated rings. The maximum Gasteiger partial charge on any atom is 0.246 e. The summed E-state index contributed by atoms with van der Waals surface area (Å²) in [4.78, 5) is 12.1. The van der Waals surface area contributed by atoms with E-state index in [4.69, 9.17) is 9.47 Å². The molecule has 3 rings (SSSR count). The van der Waals surface area contributed by atoms with Gasteiger partial charge in [0.05, 0.1) is 19.4 Å². The van der Waals surface area contributed by atoms with Crippen LogP contribution < -0.4 is 0 Å². The molecule has 0 saturated carbocycles. The fraction of sp³-hybridized carbons (Fsp3) is 0.375. The van der Waals surface area contributed by atoms with Crippen molar-refractivity contribution in [3.63, 3.8) is 0 Å². The first-order valence-electron chi connectivity index (χ1n) is 4.31. The Hall–Kier alpha value is -1.53. The average Bonchev–Trinajstić information content (AvgIpc) is 2.85. The van der Waals surface area contributed by atoms with Crippen molar-refractivity contribution >= 4 is 11.2 Å². The lowest BCUT2D eigenvalue weighted by molar-refractivity contribution is -0.0984. The Labute approximate surface area is 79.5 Å². The zero-order chi connectivity index (χ0) is 9.38. The number of ether oxygens (including phenoxy) is 2. The summed E-state index contributed by atoms with van der Waals surface area (Å²) in [6, 6.07) is 0. The van der Waals surface area contributed by atoms with E-state index in [-0.39, 0.29) is 0 Å². The largest absolute Gasteiger partial charge is 0.332 e. The van der Waals surface area contributed by atoms with E-state index in [0.717, 1.165) is 11.2 Å². The van der Waals surface area contributed by atoms with E-state index in [1.807, 2.05) is 0 Å². The highest BCUT2D eigenvalue weighted by Gasteiger charge is 2.20. The van der Waals surface area contributed by atoms with Crippen molar-refractivity contribution in [1.29, 1.82) is 0 Å². The van der Waals surface area contributed by atoms with Crippen LogP contribution >= 0.6 is 0 Å². The second-order valence-electron chi connectivity index (χ2n) is 2.93. The molecular weight excluding hydrogens is 184 g/mol. The van der Waals surface area contributed by atoms with Crippen molar-refractivity contribution in [1.82, 2.24) is 19.5 Å². The molecule has 0 N–H and O–H groups in total. The Morgan fingerprint density at radius 2 is 2.14 bits per heavy atom. The molecule has 2 aromatic rings. The fourth-order valence-corrected chi connectivity index (χ4v) is 1.45. The molecule has 0 spiro atoms. The SMILES string of the molecule is c1ncc2ncn(C3OCCO3)c2n1. The molecule has 3 heterocycles. The summed E-state index contributed by atoms with van der Waals surface area (Å²) in [6.45, 7) is 1.21. The minimum absolute atomic E-state index is 0.394. The maximum atomic E-state index is 5.35. The molecule has 1 aliphatic rings. The van der Waals surface area contributed by atoms with E-state index in [0.29, 0.717) is 13.2 Å². The first kappa shape index (κ1) is 7.84. The summed E-state index contributed by atoms with van der Waals surface area (Å²) >= 11 is 0. The van der Waals surface area contributed by atoms with Gasteiger partial charge in [-0.1, -0.05) is 0 Å². The number of aromatic nitrogens is 4. The Balaban J connectivity index is 2.11. The molecule has 0 atom stereocenters. The Morgan fingerprint density at radius 3 is 3.00 bits per heavy atom. The zero-order valence-corrected chi connectivity index (χ0v) is 7.33. The molecule has 6 heteroatoms. The van der Waals surface area contributed by atoms with Crippen molar-refractivity contribution < 1.29 is 9.47 Å². The molecule has 0 aromatic carbocycles. The van der Waals surface area contributed by atoms with Crippen LogP contribution in [-0.4, -0.2) is 32.7 Å². The summed E-state index contributed by atoms with van der Waals surface area (Å²) < 4.78 is 12.4. The molecule has 0 amide bonds. The predicted octanol–water partition coefficient (Wildman–Crippen LogP) is 0.329. The number of fused-ring (bicyclic) bond motifs is 1. The van der Waals surface area contributed by atoms with Crippen LogP contribution in [0.4, 0.5) is 0 Å². The molecule has 14 heavy (non-hydrogen) atoms. The third-order valence-corrected chi connectivity index (χ3v) is 2.07. The van der Waals surface area contributed by atoms with Crippen LogP contribution in [0.1, 0.15) is 6.41 Å². The molecule has 2 aromatic heterocycles. The van der Waals surface area contributed by atoms with Gasteiger partial charge >= 0.3 is 0 Å². The highest BCUT2D eigenvalue weighted by molar-refractivity contribution is 5.68. The van der Waals surface area contributed by atoms with Crippen molar-refractivity contribution in [2.24, 2.45) is 0 Å². The molecule has 0 bridgehead atoms. The van der Waals surface area contributed by atoms with Gasteiger partial charge in [0, 0.05) is 0 Å². The predicted molar refractivity (Wildman–Crippen MR) is 46.3 cm³/mol. The zero-order valence-electron chi connectivity index (χ0n) is 7.33. The van der Waals surface area contributed by atoms with Gasteiger partial charge < -0.3 is 9.47 Å². The van der Waals surface area contributed by atoms with E-state index < -0.39 is 6.41 Å². The second-order valence-corrected chi connectivity index (χ2v) is 2.93. The van der Waals surface area contributed by atoms with Gasteiger partial charge in [-0.3, -0.25) is 4.57 Å². The first-order chi connectivity index (χ1) is 6.95. The molecule has 1 saturated heterocycles. The molecule has 1 aliphatic heterocycles. The topological polar surface area (TPSA) is 62.1 Å². The first-order valence-corrected chi connectivity index (χ1v) is 4.31.